The van der Waals surface area contributed by atoms with Crippen LogP contribution in [0.5, 0.6) is 5.06 Å². The number of halogens is 3. The molecule has 1 amide bonds. The van der Waals surface area contributed by atoms with Gasteiger partial charge in [0.05, 0.1) is 28.9 Å². The molecule has 5 rings (SSSR count). The third-order valence-corrected chi connectivity index (χ3v) is 7.23. The van der Waals surface area contributed by atoms with E-state index >= 15 is 0 Å². The number of piperidine rings is 1. The van der Waals surface area contributed by atoms with Gasteiger partial charge in [0.15, 0.2) is 16.7 Å². The molecule has 0 spiro atoms. The smallest absolute Gasteiger partial charge is 0.261 e. The van der Waals surface area contributed by atoms with E-state index in [0.717, 1.165) is 29.4 Å². The summed E-state index contributed by atoms with van der Waals surface area (Å²) in [6.45, 7) is 2.30. The van der Waals surface area contributed by atoms with Gasteiger partial charge in [-0.2, -0.15) is 5.10 Å². The van der Waals surface area contributed by atoms with Crippen LogP contribution in [-0.2, 0) is 13.0 Å². The van der Waals surface area contributed by atoms with E-state index < -0.39 is 11.6 Å². The van der Waals surface area contributed by atoms with E-state index in [1.807, 2.05) is 4.68 Å². The van der Waals surface area contributed by atoms with Gasteiger partial charge in [-0.3, -0.25) is 9.48 Å². The number of carbonyl (C=O) groups excluding carboxylic acids is 1. The van der Waals surface area contributed by atoms with Crippen molar-refractivity contribution < 1.29 is 23.4 Å². The second kappa shape index (κ2) is 10.4. The van der Waals surface area contributed by atoms with Crippen molar-refractivity contribution in [3.05, 3.63) is 58.1 Å². The van der Waals surface area contributed by atoms with Gasteiger partial charge in [0.25, 0.3) is 5.91 Å². The summed E-state index contributed by atoms with van der Waals surface area (Å²) in [6, 6.07) is 5.47. The minimum Gasteiger partial charge on any atom is -0.481 e. The molecule has 1 saturated heterocycles. The molecular formula is C23H25ClF2N4O3S. The van der Waals surface area contributed by atoms with Crippen molar-refractivity contribution in [2.24, 2.45) is 0 Å². The molecule has 3 aromatic rings. The Morgan fingerprint density at radius 2 is 2.18 bits per heavy atom. The molecule has 2 aliphatic heterocycles. The minimum absolute atomic E-state index is 0. The molecule has 0 unspecified atom stereocenters. The molecule has 2 aromatic heterocycles. The number of hydrogen-bond donors (Lipinski definition) is 3. The molecule has 182 valence electrons. The number of benzene rings is 1. The minimum atomic E-state index is -0.884. The third-order valence-electron chi connectivity index (χ3n) is 6.18. The van der Waals surface area contributed by atoms with Gasteiger partial charge in [0.2, 0.25) is 0 Å². The first-order valence-corrected chi connectivity index (χ1v) is 11.8. The lowest BCUT2D eigenvalue weighted by molar-refractivity contribution is 0.0928. The Balaban J connectivity index is 0.00000274. The van der Waals surface area contributed by atoms with Crippen LogP contribution in [0.15, 0.2) is 30.5 Å². The van der Waals surface area contributed by atoms with Crippen molar-refractivity contribution >= 4 is 29.7 Å². The molecule has 0 bridgehead atoms. The lowest BCUT2D eigenvalue weighted by Gasteiger charge is -2.33. The number of nitrogens with one attached hydrogen (secondary N) is 2. The number of fused-ring (bicyclic) bond motifs is 3. The number of thiophene rings is 1. The van der Waals surface area contributed by atoms with Crippen LogP contribution < -0.4 is 15.4 Å². The highest BCUT2D eigenvalue weighted by molar-refractivity contribution is 7.16. The first kappa shape index (κ1) is 24.6. The Hall–Kier alpha value is -2.53. The summed E-state index contributed by atoms with van der Waals surface area (Å²) < 4.78 is 35.0. The van der Waals surface area contributed by atoms with Crippen molar-refractivity contribution in [3.63, 3.8) is 0 Å². The van der Waals surface area contributed by atoms with Crippen LogP contribution in [-0.4, -0.2) is 53.1 Å². The van der Waals surface area contributed by atoms with E-state index in [4.69, 9.17) is 4.74 Å². The average molecular weight is 511 g/mol. The highest BCUT2D eigenvalue weighted by atomic mass is 35.5. The van der Waals surface area contributed by atoms with Gasteiger partial charge in [-0.05, 0) is 43.1 Å². The number of carbonyl (C=O) groups is 1. The van der Waals surface area contributed by atoms with Crippen LogP contribution in [0.2, 0.25) is 0 Å². The molecule has 0 saturated carbocycles. The standard InChI is InChI=1S/C23H24F2N4O3S.ClH/c24-17-2-1-13(9-18(17)25)15-3-5-26-12-19(15)28-22(31)20-10-16-21-14(4-7-30)11-27-29(21)6-8-32-23(16)33-20;/h1-2,9-11,15,19,26,30H,3-8,12H2,(H,28,31);1H/t15-,19+;/m0./s1. The Labute approximate surface area is 205 Å². The lowest BCUT2D eigenvalue weighted by atomic mass is 9.86. The summed E-state index contributed by atoms with van der Waals surface area (Å²) in [5.41, 5.74) is 3.24. The molecule has 4 heterocycles. The van der Waals surface area contributed by atoms with Crippen LogP contribution in [0.3, 0.4) is 0 Å². The summed E-state index contributed by atoms with van der Waals surface area (Å²) >= 11 is 1.27. The monoisotopic (exact) mass is 510 g/mol. The van der Waals surface area contributed by atoms with Gasteiger partial charge in [0.1, 0.15) is 6.61 Å². The molecule has 0 radical (unpaired) electrons. The number of aliphatic hydroxyl groups is 1. The molecule has 1 fully saturated rings. The van der Waals surface area contributed by atoms with Crippen LogP contribution in [0, 0.1) is 11.6 Å². The topological polar surface area (TPSA) is 88.4 Å². The number of aliphatic hydroxyl groups excluding tert-OH is 1. The van der Waals surface area contributed by atoms with Crippen molar-refractivity contribution in [2.45, 2.75) is 31.3 Å². The summed E-state index contributed by atoms with van der Waals surface area (Å²) in [5, 5.41) is 20.8. The average Bonchev–Trinajstić information content (AvgIpc) is 3.36. The zero-order valence-electron chi connectivity index (χ0n) is 18.2. The summed E-state index contributed by atoms with van der Waals surface area (Å²) in [5.74, 6) is -2.14. The van der Waals surface area contributed by atoms with E-state index in [-0.39, 0.29) is 36.9 Å². The van der Waals surface area contributed by atoms with Crippen molar-refractivity contribution in [2.75, 3.05) is 26.3 Å². The van der Waals surface area contributed by atoms with Gasteiger partial charge in [-0.1, -0.05) is 17.4 Å². The fourth-order valence-electron chi connectivity index (χ4n) is 4.58. The maximum atomic E-state index is 13.8. The molecule has 2 aliphatic rings. The van der Waals surface area contributed by atoms with Crippen LogP contribution in [0.1, 0.15) is 33.1 Å². The fourth-order valence-corrected chi connectivity index (χ4v) is 5.52. The molecule has 3 N–H and O–H groups in total. The van der Waals surface area contributed by atoms with E-state index in [2.05, 4.69) is 15.7 Å². The van der Waals surface area contributed by atoms with E-state index in [1.54, 1.807) is 18.3 Å². The lowest BCUT2D eigenvalue weighted by Crippen LogP contribution is -2.49. The summed E-state index contributed by atoms with van der Waals surface area (Å²) in [6.07, 6.45) is 2.91. The number of hydrogen-bond acceptors (Lipinski definition) is 6. The van der Waals surface area contributed by atoms with Gasteiger partial charge >= 0.3 is 0 Å². The van der Waals surface area contributed by atoms with Gasteiger partial charge in [-0.25, -0.2) is 8.78 Å². The second-order valence-electron chi connectivity index (χ2n) is 8.23. The first-order chi connectivity index (χ1) is 16.0. The molecule has 34 heavy (non-hydrogen) atoms. The van der Waals surface area contributed by atoms with E-state index in [1.165, 1.54) is 17.4 Å². The Morgan fingerprint density at radius 3 is 2.97 bits per heavy atom. The maximum absolute atomic E-state index is 13.8. The van der Waals surface area contributed by atoms with Crippen LogP contribution >= 0.6 is 23.7 Å². The van der Waals surface area contributed by atoms with Gasteiger partial charge < -0.3 is 20.5 Å². The number of rotatable bonds is 5. The first-order valence-electron chi connectivity index (χ1n) is 10.9. The highest BCUT2D eigenvalue weighted by Gasteiger charge is 2.30. The Kier molecular flexibility index (Phi) is 7.51. The molecular weight excluding hydrogens is 486 g/mol. The van der Waals surface area contributed by atoms with E-state index in [0.29, 0.717) is 48.0 Å². The molecule has 2 atom stereocenters. The maximum Gasteiger partial charge on any atom is 0.261 e. The van der Waals surface area contributed by atoms with Crippen molar-refractivity contribution in [1.82, 2.24) is 20.4 Å². The largest absolute Gasteiger partial charge is 0.481 e. The Morgan fingerprint density at radius 1 is 1.32 bits per heavy atom. The summed E-state index contributed by atoms with van der Waals surface area (Å²) in [4.78, 5) is 13.7. The van der Waals surface area contributed by atoms with Crippen molar-refractivity contribution in [1.29, 1.82) is 0 Å². The van der Waals surface area contributed by atoms with E-state index in [9.17, 15) is 18.7 Å². The number of aromatic nitrogens is 2. The van der Waals surface area contributed by atoms with Crippen molar-refractivity contribution in [3.8, 4) is 16.3 Å². The van der Waals surface area contributed by atoms with Crippen LogP contribution in [0.25, 0.3) is 11.3 Å². The van der Waals surface area contributed by atoms with Crippen LogP contribution in [0.4, 0.5) is 8.78 Å². The molecule has 11 heteroatoms. The SMILES string of the molecule is Cl.O=C(N[C@@H]1CNCC[C@H]1c1ccc(F)c(F)c1)c1cc2c(s1)OCCn1ncc(CCO)c1-2. The number of amides is 1. The quantitative estimate of drug-likeness (QED) is 0.491. The third kappa shape index (κ3) is 4.68. The van der Waals surface area contributed by atoms with Gasteiger partial charge in [0, 0.05) is 30.7 Å². The fraction of sp³-hybridized carbons (Fsp3) is 0.391. The second-order valence-corrected chi connectivity index (χ2v) is 9.24. The predicted octanol–water partition coefficient (Wildman–Crippen LogP) is 3.11. The highest BCUT2D eigenvalue weighted by Crippen LogP contribution is 2.41. The predicted molar refractivity (Wildman–Crippen MR) is 127 cm³/mol. The number of nitrogens with zero attached hydrogens (tertiary/aromatic N) is 2. The zero-order chi connectivity index (χ0) is 22.9. The number of ether oxygens (including phenoxy) is 1. The molecule has 1 aromatic carbocycles. The Bertz CT molecular complexity index is 1190. The zero-order valence-corrected chi connectivity index (χ0v) is 19.9. The summed E-state index contributed by atoms with van der Waals surface area (Å²) in [7, 11) is 0. The normalized spacial score (nSPS) is 19.3. The molecule has 7 nitrogen and oxygen atoms in total. The molecule has 0 aliphatic carbocycles. The van der Waals surface area contributed by atoms with Gasteiger partial charge in [-0.15, -0.1) is 12.4 Å².